The molecule has 0 saturated carbocycles. The van der Waals surface area contributed by atoms with Crippen LogP contribution >= 0.6 is 0 Å². The van der Waals surface area contributed by atoms with E-state index in [2.05, 4.69) is 5.32 Å². The summed E-state index contributed by atoms with van der Waals surface area (Å²) in [6.45, 7) is 8.08. The van der Waals surface area contributed by atoms with Gasteiger partial charge in [-0.15, -0.1) is 0 Å². The lowest BCUT2D eigenvalue weighted by molar-refractivity contribution is -0.114. The molecule has 5 nitrogen and oxygen atoms in total. The highest BCUT2D eigenvalue weighted by molar-refractivity contribution is 5.88. The fourth-order valence-electron chi connectivity index (χ4n) is 2.13. The van der Waals surface area contributed by atoms with Gasteiger partial charge in [-0.1, -0.05) is 6.07 Å². The molecule has 1 heterocycles. The van der Waals surface area contributed by atoms with Crippen LogP contribution < -0.4 is 5.32 Å². The van der Waals surface area contributed by atoms with E-state index in [9.17, 15) is 9.59 Å². The molecule has 1 aromatic carbocycles. The highest BCUT2D eigenvalue weighted by Crippen LogP contribution is 2.27. The second-order valence-corrected chi connectivity index (χ2v) is 6.00. The average Bonchev–Trinajstić information content (AvgIpc) is 2.68. The van der Waals surface area contributed by atoms with E-state index < -0.39 is 5.60 Å². The predicted molar refractivity (Wildman–Crippen MR) is 76.2 cm³/mol. The molecule has 1 aliphatic heterocycles. The standard InChI is InChI=1S/C15H20N2O3/c1-10(18)16-13-6-5-11-8-17(9-12(11)7-13)14(19)20-15(2,3)4/h5-7H,8-9H2,1-4H3,(H,16,18). The fourth-order valence-corrected chi connectivity index (χ4v) is 2.13. The van der Waals surface area contributed by atoms with E-state index in [1.54, 1.807) is 4.90 Å². The summed E-state index contributed by atoms with van der Waals surface area (Å²) in [5, 5.41) is 2.74. The van der Waals surface area contributed by atoms with E-state index in [-0.39, 0.29) is 12.0 Å². The lowest BCUT2D eigenvalue weighted by Gasteiger charge is -2.24. The Labute approximate surface area is 118 Å². The first-order chi connectivity index (χ1) is 9.24. The Hall–Kier alpha value is -2.04. The third-order valence-corrected chi connectivity index (χ3v) is 2.90. The van der Waals surface area contributed by atoms with Crippen molar-refractivity contribution in [3.05, 3.63) is 29.3 Å². The van der Waals surface area contributed by atoms with Gasteiger partial charge in [-0.3, -0.25) is 9.69 Å². The molecular weight excluding hydrogens is 256 g/mol. The quantitative estimate of drug-likeness (QED) is 0.858. The smallest absolute Gasteiger partial charge is 0.410 e. The van der Waals surface area contributed by atoms with Crippen LogP contribution in [0.25, 0.3) is 0 Å². The lowest BCUT2D eigenvalue weighted by Crippen LogP contribution is -2.33. The van der Waals surface area contributed by atoms with Gasteiger partial charge in [-0.25, -0.2) is 4.79 Å². The van der Waals surface area contributed by atoms with Crippen LogP contribution in [0.3, 0.4) is 0 Å². The van der Waals surface area contributed by atoms with Gasteiger partial charge in [-0.05, 0) is 44.0 Å². The van der Waals surface area contributed by atoms with Crippen molar-refractivity contribution in [2.45, 2.75) is 46.4 Å². The molecule has 0 aromatic heterocycles. The monoisotopic (exact) mass is 276 g/mol. The summed E-state index contributed by atoms with van der Waals surface area (Å²) in [4.78, 5) is 24.7. The van der Waals surface area contributed by atoms with Gasteiger partial charge in [0.05, 0.1) is 0 Å². The second-order valence-electron chi connectivity index (χ2n) is 6.00. The number of carbonyl (C=O) groups is 2. The number of ether oxygens (including phenoxy) is 1. The first-order valence-corrected chi connectivity index (χ1v) is 6.62. The Balaban J connectivity index is 2.07. The van der Waals surface area contributed by atoms with Gasteiger partial charge in [0.2, 0.25) is 5.91 Å². The Morgan fingerprint density at radius 3 is 2.45 bits per heavy atom. The molecule has 0 radical (unpaired) electrons. The van der Waals surface area contributed by atoms with Gasteiger partial charge in [-0.2, -0.15) is 0 Å². The van der Waals surface area contributed by atoms with Crippen molar-refractivity contribution >= 4 is 17.7 Å². The minimum atomic E-state index is -0.493. The van der Waals surface area contributed by atoms with Crippen LogP contribution in [0.4, 0.5) is 10.5 Å². The van der Waals surface area contributed by atoms with Crippen molar-refractivity contribution < 1.29 is 14.3 Å². The van der Waals surface area contributed by atoms with Crippen LogP contribution in [0.15, 0.2) is 18.2 Å². The van der Waals surface area contributed by atoms with Gasteiger partial charge in [0.1, 0.15) is 5.60 Å². The first-order valence-electron chi connectivity index (χ1n) is 6.62. The number of carbonyl (C=O) groups excluding carboxylic acids is 2. The highest BCUT2D eigenvalue weighted by atomic mass is 16.6. The van der Waals surface area contributed by atoms with E-state index in [0.29, 0.717) is 13.1 Å². The lowest BCUT2D eigenvalue weighted by atomic mass is 10.1. The molecule has 1 N–H and O–H groups in total. The number of nitrogens with zero attached hydrogens (tertiary/aromatic N) is 1. The Morgan fingerprint density at radius 2 is 1.85 bits per heavy atom. The van der Waals surface area contributed by atoms with Crippen LogP contribution in [0.1, 0.15) is 38.8 Å². The topological polar surface area (TPSA) is 58.6 Å². The van der Waals surface area contributed by atoms with E-state index in [0.717, 1.165) is 16.8 Å². The molecule has 0 spiro atoms. The summed E-state index contributed by atoms with van der Waals surface area (Å²) in [7, 11) is 0. The molecule has 1 aliphatic rings. The summed E-state index contributed by atoms with van der Waals surface area (Å²) in [6, 6.07) is 5.69. The van der Waals surface area contributed by atoms with Crippen molar-refractivity contribution in [3.8, 4) is 0 Å². The van der Waals surface area contributed by atoms with Gasteiger partial charge in [0.25, 0.3) is 0 Å². The zero-order chi connectivity index (χ0) is 14.9. The van der Waals surface area contributed by atoms with Gasteiger partial charge in [0, 0.05) is 25.7 Å². The normalized spacial score (nSPS) is 13.9. The maximum atomic E-state index is 12.0. The molecule has 0 aliphatic carbocycles. The predicted octanol–water partition coefficient (Wildman–Crippen LogP) is 2.90. The van der Waals surface area contributed by atoms with E-state index in [1.807, 2.05) is 39.0 Å². The summed E-state index contributed by atoms with van der Waals surface area (Å²) >= 11 is 0. The number of anilines is 1. The summed E-state index contributed by atoms with van der Waals surface area (Å²) in [6.07, 6.45) is -0.310. The number of nitrogens with one attached hydrogen (secondary N) is 1. The Kier molecular flexibility index (Phi) is 3.70. The maximum absolute atomic E-state index is 12.0. The minimum absolute atomic E-state index is 0.105. The Bertz CT molecular complexity index is 547. The maximum Gasteiger partial charge on any atom is 0.410 e. The fraction of sp³-hybridized carbons (Fsp3) is 0.467. The summed E-state index contributed by atoms with van der Waals surface area (Å²) < 4.78 is 5.36. The molecule has 1 aromatic rings. The Morgan fingerprint density at radius 1 is 1.20 bits per heavy atom. The number of hydrogen-bond acceptors (Lipinski definition) is 3. The molecule has 20 heavy (non-hydrogen) atoms. The van der Waals surface area contributed by atoms with Crippen LogP contribution in [0.2, 0.25) is 0 Å². The van der Waals surface area contributed by atoms with Crippen molar-refractivity contribution in [3.63, 3.8) is 0 Å². The minimum Gasteiger partial charge on any atom is -0.444 e. The van der Waals surface area contributed by atoms with Crippen molar-refractivity contribution in [2.24, 2.45) is 0 Å². The van der Waals surface area contributed by atoms with Crippen molar-refractivity contribution in [1.82, 2.24) is 4.90 Å². The first kappa shape index (κ1) is 14.4. The number of hydrogen-bond donors (Lipinski definition) is 1. The van der Waals surface area contributed by atoms with E-state index >= 15 is 0 Å². The molecule has 0 saturated heterocycles. The summed E-state index contributed by atoms with van der Waals surface area (Å²) in [5.41, 5.74) is 2.39. The largest absolute Gasteiger partial charge is 0.444 e. The third-order valence-electron chi connectivity index (χ3n) is 2.90. The van der Waals surface area contributed by atoms with Crippen LogP contribution in [-0.4, -0.2) is 22.5 Å². The number of fused-ring (bicyclic) bond motifs is 1. The molecule has 0 bridgehead atoms. The van der Waals surface area contributed by atoms with Gasteiger partial charge >= 0.3 is 6.09 Å². The second kappa shape index (κ2) is 5.15. The molecular formula is C15H20N2O3. The number of benzene rings is 1. The van der Waals surface area contributed by atoms with E-state index in [4.69, 9.17) is 4.74 Å². The summed E-state index contributed by atoms with van der Waals surface area (Å²) in [5.74, 6) is -0.105. The highest BCUT2D eigenvalue weighted by Gasteiger charge is 2.27. The number of rotatable bonds is 1. The molecule has 2 rings (SSSR count). The van der Waals surface area contributed by atoms with Crippen LogP contribution in [0.5, 0.6) is 0 Å². The van der Waals surface area contributed by atoms with Crippen molar-refractivity contribution in [1.29, 1.82) is 0 Å². The molecule has 0 unspecified atom stereocenters. The third kappa shape index (κ3) is 3.50. The van der Waals surface area contributed by atoms with Crippen molar-refractivity contribution in [2.75, 3.05) is 5.32 Å². The van der Waals surface area contributed by atoms with Gasteiger partial charge in [0.15, 0.2) is 0 Å². The molecule has 5 heteroatoms. The zero-order valence-corrected chi connectivity index (χ0v) is 12.3. The molecule has 0 fully saturated rings. The van der Waals surface area contributed by atoms with Gasteiger partial charge < -0.3 is 10.1 Å². The SMILES string of the molecule is CC(=O)Nc1ccc2c(c1)CN(C(=O)OC(C)(C)C)C2. The molecule has 0 atom stereocenters. The average molecular weight is 276 g/mol. The van der Waals surface area contributed by atoms with Crippen LogP contribution in [-0.2, 0) is 22.6 Å². The number of amides is 2. The van der Waals surface area contributed by atoms with E-state index in [1.165, 1.54) is 6.92 Å². The molecule has 108 valence electrons. The molecule has 2 amide bonds. The zero-order valence-electron chi connectivity index (χ0n) is 12.3. The van der Waals surface area contributed by atoms with Crippen LogP contribution in [0, 0.1) is 0 Å².